The van der Waals surface area contributed by atoms with Crippen molar-refractivity contribution < 1.29 is 19.1 Å². The van der Waals surface area contributed by atoms with Crippen LogP contribution in [0.5, 0.6) is 11.5 Å². The van der Waals surface area contributed by atoms with Gasteiger partial charge in [-0.1, -0.05) is 67.4 Å². The normalized spacial score (nSPS) is 12.7. The number of carbonyl (C=O) groups excluding carboxylic acids is 2. The molecule has 2 N–H and O–H groups in total. The van der Waals surface area contributed by atoms with E-state index in [0.29, 0.717) is 23.3 Å². The molecule has 0 radical (unpaired) electrons. The molecule has 3 aromatic rings. The largest absolute Gasteiger partial charge is 0.492 e. The number of carbonyl (C=O) groups is 2. The van der Waals surface area contributed by atoms with Crippen molar-refractivity contribution in [1.29, 1.82) is 0 Å². The number of hydrogen-bond donors (Lipinski definition) is 2. The first-order valence-corrected chi connectivity index (χ1v) is 13.9. The third-order valence-electron chi connectivity index (χ3n) is 5.40. The predicted octanol–water partition coefficient (Wildman–Crippen LogP) is 6.44. The molecule has 0 aliphatic heterocycles. The van der Waals surface area contributed by atoms with Gasteiger partial charge in [-0.2, -0.15) is 5.10 Å². The van der Waals surface area contributed by atoms with Crippen LogP contribution in [0.15, 0.2) is 76.3 Å². The van der Waals surface area contributed by atoms with Gasteiger partial charge in [0.1, 0.15) is 17.5 Å². The molecule has 3 rings (SSSR count). The summed E-state index contributed by atoms with van der Waals surface area (Å²) in [4.78, 5) is 26.0. The molecular formula is C29H30BrCl2N3O4. The number of hydrogen-bond acceptors (Lipinski definition) is 5. The summed E-state index contributed by atoms with van der Waals surface area (Å²) in [5.41, 5.74) is 4.15. The van der Waals surface area contributed by atoms with Gasteiger partial charge in [0.15, 0.2) is 6.10 Å². The van der Waals surface area contributed by atoms with Gasteiger partial charge < -0.3 is 14.8 Å². The summed E-state index contributed by atoms with van der Waals surface area (Å²) >= 11 is 15.6. The highest BCUT2D eigenvalue weighted by Crippen LogP contribution is 2.28. The van der Waals surface area contributed by atoms with Crippen LogP contribution in [0.4, 0.5) is 0 Å². The Morgan fingerprint density at radius 2 is 1.69 bits per heavy atom. The molecule has 0 fully saturated rings. The van der Waals surface area contributed by atoms with Crippen LogP contribution in [0.25, 0.3) is 0 Å². The van der Waals surface area contributed by atoms with Crippen LogP contribution in [0.2, 0.25) is 10.0 Å². The SMILES string of the molecule is CC(C)COc1ccc(/C=N\NC(=O)[C@@H](Cc2ccccc2)NC(=O)[C@H](C)Oc2ccc(Cl)cc2Cl)cc1Br. The van der Waals surface area contributed by atoms with Crippen molar-refractivity contribution in [3.63, 3.8) is 0 Å². The Hall–Kier alpha value is -3.07. The van der Waals surface area contributed by atoms with Crippen molar-refractivity contribution in [3.8, 4) is 11.5 Å². The third-order valence-corrected chi connectivity index (χ3v) is 6.55. The maximum Gasteiger partial charge on any atom is 0.262 e. The molecule has 206 valence electrons. The molecule has 0 unspecified atom stereocenters. The predicted molar refractivity (Wildman–Crippen MR) is 159 cm³/mol. The lowest BCUT2D eigenvalue weighted by Crippen LogP contribution is -2.50. The topological polar surface area (TPSA) is 89.0 Å². The summed E-state index contributed by atoms with van der Waals surface area (Å²) in [7, 11) is 0. The van der Waals surface area contributed by atoms with Crippen LogP contribution in [0.1, 0.15) is 31.9 Å². The molecule has 0 aromatic heterocycles. The van der Waals surface area contributed by atoms with E-state index in [1.54, 1.807) is 19.1 Å². The maximum absolute atomic E-state index is 13.1. The summed E-state index contributed by atoms with van der Waals surface area (Å²) in [5, 5.41) is 7.58. The van der Waals surface area contributed by atoms with Crippen LogP contribution in [-0.2, 0) is 16.0 Å². The minimum atomic E-state index is -0.924. The summed E-state index contributed by atoms with van der Waals surface area (Å²) < 4.78 is 12.2. The quantitative estimate of drug-likeness (QED) is 0.177. The van der Waals surface area contributed by atoms with Gasteiger partial charge in [-0.25, -0.2) is 5.43 Å². The number of hydrazone groups is 1. The van der Waals surface area contributed by atoms with E-state index >= 15 is 0 Å². The molecule has 0 saturated heterocycles. The van der Waals surface area contributed by atoms with Crippen molar-refractivity contribution in [2.24, 2.45) is 11.0 Å². The molecule has 2 amide bonds. The standard InChI is InChI=1S/C29H30BrCl2N3O4/c1-18(2)17-38-26-11-9-21(13-23(26)30)16-33-35-29(37)25(14-20-7-5-4-6-8-20)34-28(36)19(3)39-27-12-10-22(31)15-24(27)32/h4-13,15-16,18-19,25H,14,17H2,1-3H3,(H,34,36)(H,35,37)/b33-16-/t19-,25+/m0/s1. The van der Waals surface area contributed by atoms with Gasteiger partial charge in [-0.3, -0.25) is 9.59 Å². The number of ether oxygens (including phenoxy) is 2. The molecule has 0 aliphatic rings. The average molecular weight is 635 g/mol. The zero-order valence-electron chi connectivity index (χ0n) is 21.8. The Morgan fingerprint density at radius 3 is 2.36 bits per heavy atom. The number of amides is 2. The van der Waals surface area contributed by atoms with E-state index in [0.717, 1.165) is 21.3 Å². The van der Waals surface area contributed by atoms with E-state index in [2.05, 4.69) is 45.6 Å². The molecule has 10 heteroatoms. The summed E-state index contributed by atoms with van der Waals surface area (Å²) in [6.07, 6.45) is 0.854. The highest BCUT2D eigenvalue weighted by molar-refractivity contribution is 9.10. The zero-order chi connectivity index (χ0) is 28.4. The van der Waals surface area contributed by atoms with Crippen molar-refractivity contribution in [2.75, 3.05) is 6.61 Å². The van der Waals surface area contributed by atoms with Gasteiger partial charge in [0.2, 0.25) is 0 Å². The van der Waals surface area contributed by atoms with Gasteiger partial charge in [-0.05, 0) is 76.3 Å². The lowest BCUT2D eigenvalue weighted by Gasteiger charge is -2.21. The molecule has 0 bridgehead atoms. The number of nitrogens with one attached hydrogen (secondary N) is 2. The van der Waals surface area contributed by atoms with Crippen molar-refractivity contribution in [2.45, 2.75) is 39.3 Å². The molecule has 0 saturated carbocycles. The highest BCUT2D eigenvalue weighted by atomic mass is 79.9. The summed E-state index contributed by atoms with van der Waals surface area (Å²) in [6, 6.07) is 18.7. The van der Waals surface area contributed by atoms with Crippen LogP contribution < -0.4 is 20.2 Å². The van der Waals surface area contributed by atoms with E-state index in [1.165, 1.54) is 12.3 Å². The Labute approximate surface area is 247 Å². The molecule has 39 heavy (non-hydrogen) atoms. The number of rotatable bonds is 12. The van der Waals surface area contributed by atoms with Crippen LogP contribution in [-0.4, -0.2) is 36.8 Å². The Bertz CT molecular complexity index is 1300. The number of nitrogens with zero attached hydrogens (tertiary/aromatic N) is 1. The first-order chi connectivity index (χ1) is 18.6. The lowest BCUT2D eigenvalue weighted by atomic mass is 10.1. The number of halogens is 3. The fourth-order valence-corrected chi connectivity index (χ4v) is 4.35. The van der Waals surface area contributed by atoms with E-state index in [4.69, 9.17) is 32.7 Å². The minimum Gasteiger partial charge on any atom is -0.492 e. The van der Waals surface area contributed by atoms with Crippen LogP contribution in [0.3, 0.4) is 0 Å². The first-order valence-electron chi connectivity index (χ1n) is 12.3. The molecule has 0 spiro atoms. The second-order valence-electron chi connectivity index (χ2n) is 9.21. The Morgan fingerprint density at radius 1 is 0.974 bits per heavy atom. The maximum atomic E-state index is 13.1. The van der Waals surface area contributed by atoms with Crippen molar-refractivity contribution >= 4 is 57.2 Å². The summed E-state index contributed by atoms with van der Waals surface area (Å²) in [6.45, 7) is 6.33. The lowest BCUT2D eigenvalue weighted by molar-refractivity contribution is -0.132. The van der Waals surface area contributed by atoms with Gasteiger partial charge in [-0.15, -0.1) is 0 Å². The molecule has 3 aromatic carbocycles. The summed E-state index contributed by atoms with van der Waals surface area (Å²) in [5.74, 6) is 0.483. The minimum absolute atomic E-state index is 0.260. The fourth-order valence-electron chi connectivity index (χ4n) is 3.38. The molecular weight excluding hydrogens is 605 g/mol. The van der Waals surface area contributed by atoms with E-state index < -0.39 is 24.0 Å². The second kappa shape index (κ2) is 14.9. The smallest absolute Gasteiger partial charge is 0.262 e. The van der Waals surface area contributed by atoms with E-state index in [9.17, 15) is 9.59 Å². The monoisotopic (exact) mass is 633 g/mol. The van der Waals surface area contributed by atoms with E-state index in [-0.39, 0.29) is 11.4 Å². The second-order valence-corrected chi connectivity index (χ2v) is 10.9. The molecule has 0 heterocycles. The highest BCUT2D eigenvalue weighted by Gasteiger charge is 2.25. The number of benzene rings is 3. The molecule has 0 aliphatic carbocycles. The third kappa shape index (κ3) is 9.88. The van der Waals surface area contributed by atoms with Crippen LogP contribution >= 0.6 is 39.1 Å². The van der Waals surface area contributed by atoms with Gasteiger partial charge in [0.25, 0.3) is 11.8 Å². The van der Waals surface area contributed by atoms with Gasteiger partial charge in [0, 0.05) is 11.4 Å². The zero-order valence-corrected chi connectivity index (χ0v) is 24.9. The van der Waals surface area contributed by atoms with Crippen molar-refractivity contribution in [3.05, 3.63) is 92.4 Å². The Balaban J connectivity index is 1.66. The van der Waals surface area contributed by atoms with Crippen LogP contribution in [0, 0.1) is 5.92 Å². The average Bonchev–Trinajstić information content (AvgIpc) is 2.89. The molecule has 7 nitrogen and oxygen atoms in total. The fraction of sp³-hybridized carbons (Fsp3) is 0.276. The van der Waals surface area contributed by atoms with Gasteiger partial charge >= 0.3 is 0 Å². The van der Waals surface area contributed by atoms with Crippen molar-refractivity contribution in [1.82, 2.24) is 10.7 Å². The Kier molecular flexibility index (Phi) is 11.7. The first kappa shape index (κ1) is 30.5. The van der Waals surface area contributed by atoms with Gasteiger partial charge in [0.05, 0.1) is 22.3 Å². The molecule has 2 atom stereocenters. The van der Waals surface area contributed by atoms with E-state index in [1.807, 2.05) is 48.5 Å².